The van der Waals surface area contributed by atoms with Gasteiger partial charge in [0.25, 0.3) is 5.91 Å². The number of hydrogen-bond acceptors (Lipinski definition) is 4. The number of aromatic amines is 1. The highest BCUT2D eigenvalue weighted by Gasteiger charge is 2.24. The van der Waals surface area contributed by atoms with Crippen LogP contribution < -0.4 is 5.32 Å². The Kier molecular flexibility index (Phi) is 4.37. The third kappa shape index (κ3) is 3.35. The van der Waals surface area contributed by atoms with Gasteiger partial charge in [-0.1, -0.05) is 20.8 Å². The van der Waals surface area contributed by atoms with Gasteiger partial charge in [0.1, 0.15) is 22.7 Å². The zero-order chi connectivity index (χ0) is 20.9. The average Bonchev–Trinajstić information content (AvgIpc) is 3.21. The molecule has 7 nitrogen and oxygen atoms in total. The number of fused-ring (bicyclic) bond motifs is 2. The molecule has 2 N–H and O–H groups in total. The quantitative estimate of drug-likeness (QED) is 0.553. The minimum Gasteiger partial charge on any atom is -0.349 e. The molecule has 4 aromatic rings. The number of H-pyrrole nitrogens is 1. The smallest absolute Gasteiger partial charge is 0.255 e. The summed E-state index contributed by atoms with van der Waals surface area (Å²) in [5, 5.41) is 8.28. The molecule has 1 aromatic carbocycles. The molecule has 1 unspecified atom stereocenters. The van der Waals surface area contributed by atoms with Crippen molar-refractivity contribution in [3.05, 3.63) is 42.0 Å². The van der Waals surface area contributed by atoms with Gasteiger partial charge in [0.2, 0.25) is 0 Å². The van der Waals surface area contributed by atoms with E-state index in [4.69, 9.17) is 0 Å². The Bertz CT molecular complexity index is 1230. The van der Waals surface area contributed by atoms with E-state index >= 15 is 0 Å². The molecule has 29 heavy (non-hydrogen) atoms. The lowest BCUT2D eigenvalue weighted by atomic mass is 9.88. The maximum atomic E-state index is 13.6. The predicted molar refractivity (Wildman–Crippen MR) is 110 cm³/mol. The van der Waals surface area contributed by atoms with Crippen LogP contribution in [0.5, 0.6) is 0 Å². The monoisotopic (exact) mass is 394 g/mol. The van der Waals surface area contributed by atoms with Gasteiger partial charge in [-0.2, -0.15) is 5.10 Å². The van der Waals surface area contributed by atoms with Crippen molar-refractivity contribution in [3.63, 3.8) is 0 Å². The Labute approximate surface area is 167 Å². The molecule has 0 aliphatic carbocycles. The Morgan fingerprint density at radius 3 is 2.79 bits per heavy atom. The van der Waals surface area contributed by atoms with Crippen molar-refractivity contribution in [1.82, 2.24) is 30.0 Å². The van der Waals surface area contributed by atoms with Crippen molar-refractivity contribution in [1.29, 1.82) is 0 Å². The fourth-order valence-electron chi connectivity index (χ4n) is 3.09. The molecule has 0 spiro atoms. The fourth-order valence-corrected chi connectivity index (χ4v) is 3.09. The van der Waals surface area contributed by atoms with Crippen molar-refractivity contribution in [3.8, 4) is 11.4 Å². The van der Waals surface area contributed by atoms with Gasteiger partial charge in [-0.05, 0) is 30.5 Å². The number of carbonyl (C=O) groups is 1. The van der Waals surface area contributed by atoms with E-state index in [0.717, 1.165) is 5.39 Å². The number of carbonyl (C=O) groups excluding carboxylic acids is 1. The van der Waals surface area contributed by atoms with Crippen molar-refractivity contribution < 1.29 is 9.18 Å². The van der Waals surface area contributed by atoms with E-state index in [0.29, 0.717) is 33.6 Å². The van der Waals surface area contributed by atoms with E-state index in [1.54, 1.807) is 30.2 Å². The first-order chi connectivity index (χ1) is 13.6. The van der Waals surface area contributed by atoms with Crippen molar-refractivity contribution in [2.24, 2.45) is 12.5 Å². The normalized spacial score (nSPS) is 13.2. The number of aromatic nitrogens is 5. The summed E-state index contributed by atoms with van der Waals surface area (Å²) in [6.07, 6.45) is 3.22. The van der Waals surface area contributed by atoms with Crippen molar-refractivity contribution in [2.75, 3.05) is 0 Å². The van der Waals surface area contributed by atoms with Crippen LogP contribution in [0.15, 0.2) is 30.6 Å². The molecule has 0 aliphatic heterocycles. The van der Waals surface area contributed by atoms with Crippen LogP contribution >= 0.6 is 0 Å². The first kappa shape index (κ1) is 19.0. The van der Waals surface area contributed by atoms with Gasteiger partial charge in [0.15, 0.2) is 5.65 Å². The number of halogens is 1. The molecule has 3 heterocycles. The highest BCUT2D eigenvalue weighted by Crippen LogP contribution is 2.28. The second kappa shape index (κ2) is 6.65. The molecule has 0 saturated carbocycles. The molecule has 0 radical (unpaired) electrons. The summed E-state index contributed by atoms with van der Waals surface area (Å²) in [5.74, 6) is -0.538. The van der Waals surface area contributed by atoms with E-state index < -0.39 is 0 Å². The molecule has 1 amide bonds. The predicted octanol–water partition coefficient (Wildman–Crippen LogP) is 3.82. The summed E-state index contributed by atoms with van der Waals surface area (Å²) in [4.78, 5) is 24.9. The Morgan fingerprint density at radius 1 is 1.31 bits per heavy atom. The number of nitrogens with zero attached hydrogens (tertiary/aromatic N) is 4. The summed E-state index contributed by atoms with van der Waals surface area (Å²) in [7, 11) is 1.75. The second-order valence-corrected chi connectivity index (χ2v) is 8.35. The maximum Gasteiger partial charge on any atom is 0.255 e. The molecular formula is C21H23FN6O. The summed E-state index contributed by atoms with van der Waals surface area (Å²) >= 11 is 0. The Morgan fingerprint density at radius 2 is 2.07 bits per heavy atom. The molecule has 0 bridgehead atoms. The molecule has 0 fully saturated rings. The van der Waals surface area contributed by atoms with Crippen LogP contribution in [0.4, 0.5) is 4.39 Å². The van der Waals surface area contributed by atoms with Gasteiger partial charge >= 0.3 is 0 Å². The van der Waals surface area contributed by atoms with E-state index in [2.05, 4.69) is 46.1 Å². The SMILES string of the molecule is CC(NC(=O)c1c[nH]c2ncc(-c3nn(C)c4cc(F)ccc34)nc12)C(C)(C)C. The Balaban J connectivity index is 1.78. The highest BCUT2D eigenvalue weighted by atomic mass is 19.1. The van der Waals surface area contributed by atoms with Crippen LogP contribution in [-0.4, -0.2) is 36.7 Å². The number of rotatable bonds is 3. The van der Waals surface area contributed by atoms with Crippen molar-refractivity contribution >= 4 is 28.0 Å². The lowest BCUT2D eigenvalue weighted by Gasteiger charge is -2.27. The summed E-state index contributed by atoms with van der Waals surface area (Å²) in [5.41, 5.74) is 3.13. The molecular weight excluding hydrogens is 371 g/mol. The fraction of sp³-hybridized carbons (Fsp3) is 0.333. The van der Waals surface area contributed by atoms with Crippen LogP contribution in [-0.2, 0) is 7.05 Å². The minimum absolute atomic E-state index is 0.0225. The topological polar surface area (TPSA) is 88.5 Å². The Hall–Kier alpha value is -3.29. The zero-order valence-corrected chi connectivity index (χ0v) is 17.0. The van der Waals surface area contributed by atoms with Crippen LogP contribution in [0.1, 0.15) is 38.1 Å². The number of hydrogen-bond donors (Lipinski definition) is 2. The number of aryl methyl sites for hydroxylation is 1. The molecule has 3 aromatic heterocycles. The molecule has 0 saturated heterocycles. The largest absolute Gasteiger partial charge is 0.349 e. The number of benzene rings is 1. The van der Waals surface area contributed by atoms with Crippen LogP contribution in [0.2, 0.25) is 0 Å². The van der Waals surface area contributed by atoms with Gasteiger partial charge in [-0.3, -0.25) is 9.48 Å². The zero-order valence-electron chi connectivity index (χ0n) is 17.0. The van der Waals surface area contributed by atoms with E-state index in [9.17, 15) is 9.18 Å². The molecule has 0 aliphatic rings. The third-order valence-corrected chi connectivity index (χ3v) is 5.33. The standard InChI is InChI=1S/C21H23FN6O/c1-11(21(2,3)4)25-20(29)14-9-23-19-18(14)26-15(10-24-19)17-13-7-6-12(22)8-16(13)28(5)27-17/h6-11H,1-5H3,(H,23,24)(H,25,29). The van der Waals surface area contributed by atoms with Gasteiger partial charge < -0.3 is 10.3 Å². The third-order valence-electron chi connectivity index (χ3n) is 5.33. The molecule has 8 heteroatoms. The van der Waals surface area contributed by atoms with Gasteiger partial charge in [0, 0.05) is 24.7 Å². The summed E-state index contributed by atoms with van der Waals surface area (Å²) < 4.78 is 15.2. The number of amides is 1. The van der Waals surface area contributed by atoms with Crippen molar-refractivity contribution in [2.45, 2.75) is 33.7 Å². The second-order valence-electron chi connectivity index (χ2n) is 8.35. The molecule has 4 rings (SSSR count). The van der Waals surface area contributed by atoms with Crippen LogP contribution in [0.3, 0.4) is 0 Å². The summed E-state index contributed by atoms with van der Waals surface area (Å²) in [6.45, 7) is 8.18. The van der Waals surface area contributed by atoms with E-state index in [-0.39, 0.29) is 23.2 Å². The molecule has 150 valence electrons. The van der Waals surface area contributed by atoms with E-state index in [1.807, 2.05) is 6.92 Å². The van der Waals surface area contributed by atoms with Gasteiger partial charge in [-0.15, -0.1) is 0 Å². The lowest BCUT2D eigenvalue weighted by Crippen LogP contribution is -2.41. The lowest BCUT2D eigenvalue weighted by molar-refractivity contribution is 0.0911. The average molecular weight is 394 g/mol. The first-order valence-electron chi connectivity index (χ1n) is 9.43. The van der Waals surface area contributed by atoms with E-state index in [1.165, 1.54) is 12.1 Å². The van der Waals surface area contributed by atoms with Crippen LogP contribution in [0, 0.1) is 11.2 Å². The summed E-state index contributed by atoms with van der Waals surface area (Å²) in [6, 6.07) is 4.48. The first-order valence-corrected chi connectivity index (χ1v) is 9.43. The van der Waals surface area contributed by atoms with Gasteiger partial charge in [-0.25, -0.2) is 14.4 Å². The van der Waals surface area contributed by atoms with Gasteiger partial charge in [0.05, 0.1) is 17.3 Å². The highest BCUT2D eigenvalue weighted by molar-refractivity contribution is 6.05. The minimum atomic E-state index is -0.328. The maximum absolute atomic E-state index is 13.6. The molecule has 1 atom stereocenters. The number of nitrogens with one attached hydrogen (secondary N) is 2. The van der Waals surface area contributed by atoms with Crippen LogP contribution in [0.25, 0.3) is 33.5 Å².